The first-order valence-corrected chi connectivity index (χ1v) is 4.43. The van der Waals surface area contributed by atoms with Crippen LogP contribution in [0.25, 0.3) is 0 Å². The highest BCUT2D eigenvalue weighted by Gasteiger charge is 2.13. The summed E-state index contributed by atoms with van der Waals surface area (Å²) in [7, 11) is 1.14. The molecule has 1 aromatic heterocycles. The van der Waals surface area contributed by atoms with Crippen molar-refractivity contribution in [2.45, 2.75) is 0 Å². The summed E-state index contributed by atoms with van der Waals surface area (Å²) < 4.78 is 5.01. The quantitative estimate of drug-likeness (QED) is 0.602. The average Bonchev–Trinajstić information content (AvgIpc) is 2.20. The number of amides is 1. The Bertz CT molecular complexity index is 350. The van der Waals surface area contributed by atoms with Gasteiger partial charge in [0.05, 0.1) is 7.11 Å². The molecular formula is C8H7BrN2O3. The highest BCUT2D eigenvalue weighted by Crippen LogP contribution is 2.10. The highest BCUT2D eigenvalue weighted by atomic mass is 79.9. The van der Waals surface area contributed by atoms with Crippen LogP contribution in [0.2, 0.25) is 0 Å². The van der Waals surface area contributed by atoms with Crippen LogP contribution in [0.5, 0.6) is 0 Å². The minimum absolute atomic E-state index is 0.295. The van der Waals surface area contributed by atoms with E-state index in [-0.39, 0.29) is 0 Å². The second kappa shape index (κ2) is 4.71. The molecule has 1 aromatic rings. The maximum atomic E-state index is 11.0. The van der Waals surface area contributed by atoms with Gasteiger partial charge in [-0.2, -0.15) is 0 Å². The number of hydrogen-bond acceptors (Lipinski definition) is 4. The van der Waals surface area contributed by atoms with Gasteiger partial charge in [0.2, 0.25) is 0 Å². The van der Waals surface area contributed by atoms with Crippen molar-refractivity contribution in [2.24, 2.45) is 0 Å². The van der Waals surface area contributed by atoms with Crippen molar-refractivity contribution in [3.8, 4) is 0 Å². The van der Waals surface area contributed by atoms with Crippen molar-refractivity contribution in [1.29, 1.82) is 0 Å². The molecule has 0 unspecified atom stereocenters. The van der Waals surface area contributed by atoms with Gasteiger partial charge in [0, 0.05) is 10.7 Å². The highest BCUT2D eigenvalue weighted by molar-refractivity contribution is 9.10. The number of nitrogens with one attached hydrogen (secondary N) is 1. The van der Waals surface area contributed by atoms with Gasteiger partial charge in [-0.3, -0.25) is 4.79 Å². The lowest BCUT2D eigenvalue weighted by Crippen LogP contribution is -2.24. The van der Waals surface area contributed by atoms with Crippen LogP contribution in [0.3, 0.4) is 0 Å². The standard InChI is InChI=1S/C8H7BrN2O3/c1-14-8(13)7(12)11-6-3-2-5(9)4-10-6/h2-4H,1H3,(H,10,11,12). The summed E-state index contributed by atoms with van der Waals surface area (Å²) in [6.07, 6.45) is 1.51. The summed E-state index contributed by atoms with van der Waals surface area (Å²) in [5.41, 5.74) is 0. The van der Waals surface area contributed by atoms with Crippen LogP contribution in [0.1, 0.15) is 0 Å². The number of halogens is 1. The number of carbonyl (C=O) groups excluding carboxylic acids is 2. The fraction of sp³-hybridized carbons (Fsp3) is 0.125. The second-order valence-electron chi connectivity index (χ2n) is 2.31. The normalized spacial score (nSPS) is 9.29. The van der Waals surface area contributed by atoms with E-state index in [4.69, 9.17) is 0 Å². The number of hydrogen-bond donors (Lipinski definition) is 1. The molecular weight excluding hydrogens is 252 g/mol. The van der Waals surface area contributed by atoms with Crippen LogP contribution in [0.15, 0.2) is 22.8 Å². The third-order valence-electron chi connectivity index (χ3n) is 1.34. The first-order valence-electron chi connectivity index (χ1n) is 3.64. The lowest BCUT2D eigenvalue weighted by Gasteiger charge is -2.01. The molecule has 0 aliphatic rings. The predicted molar refractivity (Wildman–Crippen MR) is 52.6 cm³/mol. The molecule has 0 saturated carbocycles. The minimum atomic E-state index is -0.949. The van der Waals surface area contributed by atoms with E-state index in [1.165, 1.54) is 6.20 Å². The molecule has 0 fully saturated rings. The third kappa shape index (κ3) is 2.81. The van der Waals surface area contributed by atoms with Gasteiger partial charge < -0.3 is 10.1 Å². The van der Waals surface area contributed by atoms with Gasteiger partial charge in [0.15, 0.2) is 0 Å². The van der Waals surface area contributed by atoms with Crippen LogP contribution in [-0.4, -0.2) is 24.0 Å². The number of ether oxygens (including phenoxy) is 1. The van der Waals surface area contributed by atoms with E-state index in [9.17, 15) is 9.59 Å². The topological polar surface area (TPSA) is 68.3 Å². The maximum absolute atomic E-state index is 11.0. The van der Waals surface area contributed by atoms with Gasteiger partial charge in [-0.1, -0.05) is 0 Å². The summed E-state index contributed by atoms with van der Waals surface area (Å²) in [5, 5.41) is 2.27. The van der Waals surface area contributed by atoms with E-state index in [1.54, 1.807) is 12.1 Å². The summed E-state index contributed by atoms with van der Waals surface area (Å²) >= 11 is 3.19. The molecule has 1 amide bonds. The van der Waals surface area contributed by atoms with Crippen molar-refractivity contribution in [1.82, 2.24) is 4.98 Å². The van der Waals surface area contributed by atoms with Crippen LogP contribution in [0.4, 0.5) is 5.82 Å². The van der Waals surface area contributed by atoms with Crippen LogP contribution in [0, 0.1) is 0 Å². The number of carbonyl (C=O) groups is 2. The molecule has 0 aliphatic carbocycles. The van der Waals surface area contributed by atoms with Gasteiger partial charge in [0.25, 0.3) is 0 Å². The van der Waals surface area contributed by atoms with Gasteiger partial charge in [-0.25, -0.2) is 9.78 Å². The third-order valence-corrected chi connectivity index (χ3v) is 1.81. The fourth-order valence-electron chi connectivity index (χ4n) is 0.710. The van der Waals surface area contributed by atoms with E-state index in [1.807, 2.05) is 0 Å². The Hall–Kier alpha value is -1.43. The van der Waals surface area contributed by atoms with Gasteiger partial charge in [-0.15, -0.1) is 0 Å². The summed E-state index contributed by atoms with van der Waals surface area (Å²) in [4.78, 5) is 25.6. The zero-order valence-electron chi connectivity index (χ0n) is 7.28. The molecule has 0 saturated heterocycles. The molecule has 0 radical (unpaired) electrons. The van der Waals surface area contributed by atoms with Crippen molar-refractivity contribution in [2.75, 3.05) is 12.4 Å². The first-order chi connectivity index (χ1) is 6.63. The molecule has 0 aliphatic heterocycles. The van der Waals surface area contributed by atoms with E-state index >= 15 is 0 Å². The number of nitrogens with zero attached hydrogens (tertiary/aromatic N) is 1. The van der Waals surface area contributed by atoms with Gasteiger partial charge in [0.1, 0.15) is 5.82 Å². The Morgan fingerprint density at radius 1 is 1.50 bits per heavy atom. The Balaban J connectivity index is 2.65. The van der Waals surface area contributed by atoms with E-state index in [0.717, 1.165) is 11.6 Å². The van der Waals surface area contributed by atoms with E-state index < -0.39 is 11.9 Å². The van der Waals surface area contributed by atoms with Crippen molar-refractivity contribution in [3.63, 3.8) is 0 Å². The number of anilines is 1. The first kappa shape index (κ1) is 10.6. The number of rotatable bonds is 1. The molecule has 14 heavy (non-hydrogen) atoms. The Kier molecular flexibility index (Phi) is 3.58. The van der Waals surface area contributed by atoms with Gasteiger partial charge >= 0.3 is 11.9 Å². The number of aromatic nitrogens is 1. The molecule has 0 aromatic carbocycles. The zero-order chi connectivity index (χ0) is 10.6. The molecule has 74 valence electrons. The largest absolute Gasteiger partial charge is 0.462 e. The molecule has 5 nitrogen and oxygen atoms in total. The van der Waals surface area contributed by atoms with Gasteiger partial charge in [-0.05, 0) is 28.1 Å². The molecule has 0 spiro atoms. The SMILES string of the molecule is COC(=O)C(=O)Nc1ccc(Br)cn1. The second-order valence-corrected chi connectivity index (χ2v) is 3.22. The van der Waals surface area contributed by atoms with Crippen LogP contribution >= 0.6 is 15.9 Å². The number of esters is 1. The van der Waals surface area contributed by atoms with Crippen molar-refractivity contribution >= 4 is 33.6 Å². The maximum Gasteiger partial charge on any atom is 0.396 e. The lowest BCUT2D eigenvalue weighted by molar-refractivity contribution is -0.150. The summed E-state index contributed by atoms with van der Waals surface area (Å²) in [6, 6.07) is 3.25. The van der Waals surface area contributed by atoms with Crippen LogP contribution < -0.4 is 5.32 Å². The summed E-state index contributed by atoms with van der Waals surface area (Å²) in [5.74, 6) is -1.50. The molecule has 1 N–H and O–H groups in total. The predicted octanol–water partition coefficient (Wildman–Crippen LogP) is 0.956. The zero-order valence-corrected chi connectivity index (χ0v) is 8.87. The van der Waals surface area contributed by atoms with Crippen molar-refractivity contribution < 1.29 is 14.3 Å². The molecule has 0 bridgehead atoms. The molecule has 1 rings (SSSR count). The number of pyridine rings is 1. The molecule has 6 heteroatoms. The Labute approximate surface area is 88.6 Å². The Morgan fingerprint density at radius 2 is 2.21 bits per heavy atom. The Morgan fingerprint density at radius 3 is 2.71 bits per heavy atom. The average molecular weight is 259 g/mol. The molecule has 0 atom stereocenters. The smallest absolute Gasteiger partial charge is 0.396 e. The minimum Gasteiger partial charge on any atom is -0.462 e. The number of methoxy groups -OCH3 is 1. The lowest BCUT2D eigenvalue weighted by atomic mass is 10.4. The van der Waals surface area contributed by atoms with Crippen molar-refractivity contribution in [3.05, 3.63) is 22.8 Å². The van der Waals surface area contributed by atoms with E-state index in [0.29, 0.717) is 5.82 Å². The fourth-order valence-corrected chi connectivity index (χ4v) is 0.944. The van der Waals surface area contributed by atoms with E-state index in [2.05, 4.69) is 31.0 Å². The van der Waals surface area contributed by atoms with Crippen LogP contribution in [-0.2, 0) is 14.3 Å². The molecule has 1 heterocycles. The summed E-state index contributed by atoms with van der Waals surface area (Å²) in [6.45, 7) is 0. The monoisotopic (exact) mass is 258 g/mol.